The van der Waals surface area contributed by atoms with E-state index in [4.69, 9.17) is 9.15 Å². The second kappa shape index (κ2) is 7.63. The molecule has 34 heavy (non-hydrogen) atoms. The van der Waals surface area contributed by atoms with Gasteiger partial charge < -0.3 is 9.15 Å². The number of ether oxygens (including phenoxy) is 1. The van der Waals surface area contributed by atoms with Gasteiger partial charge in [-0.05, 0) is 32.8 Å². The van der Waals surface area contributed by atoms with Gasteiger partial charge >= 0.3 is 5.69 Å². The monoisotopic (exact) mass is 459 g/mol. The lowest BCUT2D eigenvalue weighted by atomic mass is 9.99. The van der Waals surface area contributed by atoms with Crippen molar-refractivity contribution in [2.45, 2.75) is 44.9 Å². The van der Waals surface area contributed by atoms with Gasteiger partial charge in [0, 0.05) is 49.0 Å². The highest BCUT2D eigenvalue weighted by atomic mass is 16.5. The molecule has 1 aliphatic heterocycles. The van der Waals surface area contributed by atoms with E-state index in [0.717, 1.165) is 40.6 Å². The lowest BCUT2D eigenvalue weighted by Crippen LogP contribution is -2.36. The third-order valence-corrected chi connectivity index (χ3v) is 6.44. The molecule has 6 rings (SSSR count). The predicted octanol–water partition coefficient (Wildman–Crippen LogP) is 3.47. The Hall–Kier alpha value is -3.79. The van der Waals surface area contributed by atoms with Crippen LogP contribution in [0, 0.1) is 0 Å². The van der Waals surface area contributed by atoms with E-state index < -0.39 is 0 Å². The zero-order valence-electron chi connectivity index (χ0n) is 19.5. The third-order valence-electron chi connectivity index (χ3n) is 6.44. The maximum absolute atomic E-state index is 13.6. The molecule has 6 heterocycles. The van der Waals surface area contributed by atoms with Crippen molar-refractivity contribution in [1.82, 2.24) is 34.1 Å². The molecule has 5 aromatic heterocycles. The fourth-order valence-corrected chi connectivity index (χ4v) is 5.06. The summed E-state index contributed by atoms with van der Waals surface area (Å²) in [6.45, 7) is 4.08. The first-order valence-electron chi connectivity index (χ1n) is 11.4. The van der Waals surface area contributed by atoms with Gasteiger partial charge in [0.25, 0.3) is 0 Å². The summed E-state index contributed by atoms with van der Waals surface area (Å²) in [5, 5.41) is 9.35. The van der Waals surface area contributed by atoms with Gasteiger partial charge in [-0.15, -0.1) is 0 Å². The van der Waals surface area contributed by atoms with Crippen LogP contribution in [-0.2, 0) is 18.8 Å². The molecule has 0 N–H and O–H groups in total. The molecule has 0 spiro atoms. The molecule has 0 radical (unpaired) electrons. The minimum absolute atomic E-state index is 0.0412. The van der Waals surface area contributed by atoms with Crippen molar-refractivity contribution >= 4 is 22.1 Å². The van der Waals surface area contributed by atoms with E-state index in [-0.39, 0.29) is 23.9 Å². The Bertz CT molecular complexity index is 1580. The van der Waals surface area contributed by atoms with Crippen molar-refractivity contribution in [3.63, 3.8) is 0 Å². The summed E-state index contributed by atoms with van der Waals surface area (Å²) in [5.74, 6) is 0. The molecule has 10 heteroatoms. The summed E-state index contributed by atoms with van der Waals surface area (Å²) in [6, 6.07) is 1.91. The van der Waals surface area contributed by atoms with Gasteiger partial charge in [-0.1, -0.05) is 0 Å². The number of aromatic nitrogens is 7. The first-order chi connectivity index (χ1) is 16.4. The second-order valence-corrected chi connectivity index (χ2v) is 9.15. The molecule has 0 aliphatic carbocycles. The highest BCUT2D eigenvalue weighted by Gasteiger charge is 2.30. The predicted molar refractivity (Wildman–Crippen MR) is 126 cm³/mol. The van der Waals surface area contributed by atoms with Gasteiger partial charge in [0.15, 0.2) is 11.2 Å². The summed E-state index contributed by atoms with van der Waals surface area (Å²) in [4.78, 5) is 22.6. The molecule has 0 amide bonds. The average molecular weight is 460 g/mol. The minimum Gasteiger partial charge on any atom is -0.450 e. The third kappa shape index (κ3) is 3.33. The fourth-order valence-electron chi connectivity index (χ4n) is 5.06. The van der Waals surface area contributed by atoms with E-state index in [2.05, 4.69) is 20.2 Å². The Kier molecular flexibility index (Phi) is 4.66. The quantitative estimate of drug-likeness (QED) is 0.407. The number of rotatable bonds is 3. The van der Waals surface area contributed by atoms with Gasteiger partial charge in [0.1, 0.15) is 11.2 Å². The maximum Gasteiger partial charge on any atom is 0.349 e. The van der Waals surface area contributed by atoms with Crippen LogP contribution in [0.1, 0.15) is 32.7 Å². The smallest absolute Gasteiger partial charge is 0.349 e. The van der Waals surface area contributed by atoms with Gasteiger partial charge in [-0.3, -0.25) is 18.9 Å². The molecule has 1 saturated heterocycles. The second-order valence-electron chi connectivity index (χ2n) is 9.15. The van der Waals surface area contributed by atoms with Gasteiger partial charge in [-0.2, -0.15) is 15.2 Å². The number of aryl methyl sites for hydroxylation is 2. The zero-order valence-corrected chi connectivity index (χ0v) is 19.5. The summed E-state index contributed by atoms with van der Waals surface area (Å²) in [6.07, 6.45) is 10.4. The van der Waals surface area contributed by atoms with Crippen molar-refractivity contribution in [3.05, 3.63) is 47.5 Å². The minimum atomic E-state index is -0.305. The summed E-state index contributed by atoms with van der Waals surface area (Å²) in [5.41, 5.74) is 4.44. The van der Waals surface area contributed by atoms with Crippen LogP contribution in [0.25, 0.3) is 44.6 Å². The lowest BCUT2D eigenvalue weighted by molar-refractivity contribution is -0.0486. The molecule has 0 bridgehead atoms. The van der Waals surface area contributed by atoms with E-state index in [9.17, 15) is 4.79 Å². The topological polar surface area (TPSA) is 106 Å². The molecule has 0 aromatic carbocycles. The molecule has 1 fully saturated rings. The number of hydrogen-bond donors (Lipinski definition) is 0. The van der Waals surface area contributed by atoms with E-state index in [1.807, 2.05) is 46.4 Å². The zero-order chi connectivity index (χ0) is 23.6. The molecule has 10 nitrogen and oxygen atoms in total. The van der Waals surface area contributed by atoms with E-state index in [1.165, 1.54) is 0 Å². The molecular weight excluding hydrogens is 434 g/mol. The van der Waals surface area contributed by atoms with Crippen LogP contribution in [0.3, 0.4) is 0 Å². The van der Waals surface area contributed by atoms with Crippen molar-refractivity contribution in [2.24, 2.45) is 14.1 Å². The molecular formula is C24H25N7O3. The Morgan fingerprint density at radius 1 is 0.971 bits per heavy atom. The van der Waals surface area contributed by atoms with Crippen LogP contribution in [-0.4, -0.2) is 46.3 Å². The summed E-state index contributed by atoms with van der Waals surface area (Å²) in [7, 11) is 3.70. The summed E-state index contributed by atoms with van der Waals surface area (Å²) < 4.78 is 17.5. The van der Waals surface area contributed by atoms with E-state index in [0.29, 0.717) is 16.9 Å². The van der Waals surface area contributed by atoms with Crippen molar-refractivity contribution in [2.75, 3.05) is 0 Å². The molecule has 0 saturated carbocycles. The number of fused-ring (bicyclic) bond motifs is 3. The number of nitrogens with zero attached hydrogens (tertiary/aromatic N) is 7. The first kappa shape index (κ1) is 20.8. The summed E-state index contributed by atoms with van der Waals surface area (Å²) >= 11 is 0. The van der Waals surface area contributed by atoms with Crippen LogP contribution in [0.4, 0.5) is 0 Å². The lowest BCUT2D eigenvalue weighted by Gasteiger charge is -2.33. The first-order valence-corrected chi connectivity index (χ1v) is 11.4. The van der Waals surface area contributed by atoms with Crippen molar-refractivity contribution < 1.29 is 9.15 Å². The number of furan rings is 1. The van der Waals surface area contributed by atoms with Gasteiger partial charge in [0.2, 0.25) is 0 Å². The Balaban J connectivity index is 1.67. The van der Waals surface area contributed by atoms with Gasteiger partial charge in [0.05, 0.1) is 36.5 Å². The molecule has 1 aliphatic rings. The van der Waals surface area contributed by atoms with Crippen LogP contribution < -0.4 is 5.69 Å². The highest BCUT2D eigenvalue weighted by Crippen LogP contribution is 2.38. The number of hydrogen-bond acceptors (Lipinski definition) is 7. The maximum atomic E-state index is 13.6. The van der Waals surface area contributed by atoms with Crippen LogP contribution >= 0.6 is 0 Å². The Morgan fingerprint density at radius 2 is 1.65 bits per heavy atom. The largest absolute Gasteiger partial charge is 0.450 e. The SMILES string of the molecule is C[C@@H]1C[C@H](n2c(=O)nc(-c3cnn(C)c3)c3oc4cnc(-c5cnn(C)c5)cc4c32)C[C@H](C)O1. The van der Waals surface area contributed by atoms with Crippen molar-refractivity contribution in [1.29, 1.82) is 0 Å². The molecule has 174 valence electrons. The van der Waals surface area contributed by atoms with Crippen LogP contribution in [0.2, 0.25) is 0 Å². The molecule has 3 atom stereocenters. The van der Waals surface area contributed by atoms with Gasteiger partial charge in [-0.25, -0.2) is 4.79 Å². The normalized spacial score (nSPS) is 21.0. The molecule has 0 unspecified atom stereocenters. The van der Waals surface area contributed by atoms with Crippen LogP contribution in [0.5, 0.6) is 0 Å². The van der Waals surface area contributed by atoms with Crippen molar-refractivity contribution in [3.8, 4) is 22.5 Å². The standard InChI is InChI=1S/C24H25N7O3/c1-13-5-17(6-14(2)33-13)31-22-18-7-19(15-8-26-29(3)11-15)25-10-20(18)34-23(22)21(28-24(31)32)16-9-27-30(4)12-16/h7-14,17H,5-6H2,1-4H3/t13-,14+,17+. The molecule has 5 aromatic rings. The number of pyridine rings is 1. The Labute approximate surface area is 194 Å². The highest BCUT2D eigenvalue weighted by molar-refractivity contribution is 6.07. The Morgan fingerprint density at radius 3 is 2.29 bits per heavy atom. The fraction of sp³-hybridized carbons (Fsp3) is 0.375. The van der Waals surface area contributed by atoms with E-state index >= 15 is 0 Å². The average Bonchev–Trinajstić information content (AvgIpc) is 3.50. The van der Waals surface area contributed by atoms with Crippen LogP contribution in [0.15, 0.2) is 46.3 Å². The van der Waals surface area contributed by atoms with E-state index in [1.54, 1.807) is 32.5 Å².